The van der Waals surface area contributed by atoms with Gasteiger partial charge in [0.15, 0.2) is 5.69 Å². The van der Waals surface area contributed by atoms with E-state index in [2.05, 4.69) is 4.98 Å². The summed E-state index contributed by atoms with van der Waals surface area (Å²) in [5.41, 5.74) is 0.291. The number of hydrogen-bond acceptors (Lipinski definition) is 5. The Balaban J connectivity index is 1.99. The topological polar surface area (TPSA) is 48.4 Å². The lowest BCUT2D eigenvalue weighted by Crippen LogP contribution is -2.05. The second-order valence-corrected chi connectivity index (χ2v) is 5.56. The van der Waals surface area contributed by atoms with Crippen LogP contribution in [0.25, 0.3) is 0 Å². The maximum absolute atomic E-state index is 11.5. The minimum Gasteiger partial charge on any atom is -0.486 e. The minimum atomic E-state index is -0.430. The van der Waals surface area contributed by atoms with Gasteiger partial charge in [0.1, 0.15) is 17.4 Å². The van der Waals surface area contributed by atoms with Crippen molar-refractivity contribution in [2.45, 2.75) is 13.5 Å². The summed E-state index contributed by atoms with van der Waals surface area (Å²) < 4.78 is 10.4. The predicted octanol–water partition coefficient (Wildman–Crippen LogP) is 4.21. The first-order valence-corrected chi connectivity index (χ1v) is 7.42. The lowest BCUT2D eigenvalue weighted by molar-refractivity contribution is 0.0520. The first-order chi connectivity index (χ1) is 9.58. The monoisotopic (exact) mass is 331 g/mol. The molecule has 0 bridgehead atoms. The van der Waals surface area contributed by atoms with Gasteiger partial charge in [0.05, 0.1) is 6.61 Å². The van der Waals surface area contributed by atoms with Crippen LogP contribution in [0.2, 0.25) is 10.0 Å². The molecular weight excluding hydrogens is 321 g/mol. The number of esters is 1. The molecule has 0 unspecified atom stereocenters. The summed E-state index contributed by atoms with van der Waals surface area (Å²) in [6, 6.07) is 4.94. The van der Waals surface area contributed by atoms with Crippen molar-refractivity contribution in [1.82, 2.24) is 4.98 Å². The quantitative estimate of drug-likeness (QED) is 0.770. The molecule has 1 aromatic heterocycles. The number of nitrogens with zero attached hydrogens (tertiary/aromatic N) is 1. The van der Waals surface area contributed by atoms with E-state index in [9.17, 15) is 4.79 Å². The highest BCUT2D eigenvalue weighted by atomic mass is 35.5. The fraction of sp³-hybridized carbons (Fsp3) is 0.231. The van der Waals surface area contributed by atoms with Crippen LogP contribution in [-0.2, 0) is 11.3 Å². The van der Waals surface area contributed by atoms with E-state index < -0.39 is 5.97 Å². The van der Waals surface area contributed by atoms with E-state index in [1.165, 1.54) is 11.3 Å². The molecule has 0 aliphatic rings. The Labute approximate surface area is 130 Å². The zero-order valence-electron chi connectivity index (χ0n) is 10.6. The third-order valence-corrected chi connectivity index (χ3v) is 3.49. The molecule has 0 aliphatic carbocycles. The fourth-order valence-electron chi connectivity index (χ4n) is 1.43. The maximum atomic E-state index is 11.5. The van der Waals surface area contributed by atoms with E-state index in [0.717, 1.165) is 0 Å². The van der Waals surface area contributed by atoms with E-state index in [1.54, 1.807) is 30.5 Å². The molecule has 106 valence electrons. The number of hydrogen-bond donors (Lipinski definition) is 0. The average Bonchev–Trinajstić information content (AvgIpc) is 2.84. The van der Waals surface area contributed by atoms with Crippen LogP contribution in [0.3, 0.4) is 0 Å². The Bertz CT molecular complexity index is 595. The van der Waals surface area contributed by atoms with Crippen molar-refractivity contribution >= 4 is 40.5 Å². The van der Waals surface area contributed by atoms with Crippen LogP contribution >= 0.6 is 34.5 Å². The van der Waals surface area contributed by atoms with Crippen molar-refractivity contribution in [2.75, 3.05) is 6.61 Å². The summed E-state index contributed by atoms with van der Waals surface area (Å²) in [5, 5.41) is 3.31. The first-order valence-electron chi connectivity index (χ1n) is 5.79. The molecule has 0 amide bonds. The van der Waals surface area contributed by atoms with Gasteiger partial charge in [-0.2, -0.15) is 0 Å². The van der Waals surface area contributed by atoms with E-state index in [0.29, 0.717) is 33.1 Å². The molecule has 20 heavy (non-hydrogen) atoms. The molecule has 0 fully saturated rings. The first kappa shape index (κ1) is 15.1. The molecule has 4 nitrogen and oxygen atoms in total. The standard InChI is InChI=1S/C13H11Cl2NO3S/c1-2-18-13(17)11-7-20-12(16-11)6-19-10-4-8(14)3-9(15)5-10/h3-5,7H,2,6H2,1H3. The number of carbonyl (C=O) groups is 1. The second kappa shape index (κ2) is 6.92. The molecule has 0 atom stereocenters. The van der Waals surface area contributed by atoms with Gasteiger partial charge >= 0.3 is 5.97 Å². The molecule has 0 aliphatic heterocycles. The number of halogens is 2. The van der Waals surface area contributed by atoms with Crippen LogP contribution in [0.4, 0.5) is 0 Å². The molecule has 1 heterocycles. The Kier molecular flexibility index (Phi) is 5.23. The smallest absolute Gasteiger partial charge is 0.357 e. The third-order valence-electron chi connectivity index (χ3n) is 2.23. The van der Waals surface area contributed by atoms with E-state index >= 15 is 0 Å². The highest BCUT2D eigenvalue weighted by molar-refractivity contribution is 7.09. The minimum absolute atomic E-state index is 0.237. The van der Waals surface area contributed by atoms with Gasteiger partial charge in [0.25, 0.3) is 0 Å². The van der Waals surface area contributed by atoms with Gasteiger partial charge in [0.2, 0.25) is 0 Å². The number of aromatic nitrogens is 1. The van der Waals surface area contributed by atoms with Gasteiger partial charge in [-0.05, 0) is 25.1 Å². The summed E-state index contributed by atoms with van der Waals surface area (Å²) in [6.07, 6.45) is 0. The number of rotatable bonds is 5. The molecule has 0 N–H and O–H groups in total. The zero-order valence-corrected chi connectivity index (χ0v) is 12.9. The molecule has 0 saturated heterocycles. The Morgan fingerprint density at radius 3 is 2.65 bits per heavy atom. The van der Waals surface area contributed by atoms with E-state index in [-0.39, 0.29) is 6.61 Å². The van der Waals surface area contributed by atoms with Crippen LogP contribution < -0.4 is 4.74 Å². The number of thiazole rings is 1. The summed E-state index contributed by atoms with van der Waals surface area (Å²) in [5.74, 6) is 0.121. The van der Waals surface area contributed by atoms with Crippen molar-refractivity contribution in [3.63, 3.8) is 0 Å². The van der Waals surface area contributed by atoms with Crippen molar-refractivity contribution in [3.05, 3.63) is 44.3 Å². The van der Waals surface area contributed by atoms with Crippen LogP contribution in [0.5, 0.6) is 5.75 Å². The lowest BCUT2D eigenvalue weighted by atomic mass is 10.3. The van der Waals surface area contributed by atoms with Gasteiger partial charge < -0.3 is 9.47 Å². The normalized spacial score (nSPS) is 10.3. The third kappa shape index (κ3) is 4.10. The number of ether oxygens (including phenoxy) is 2. The highest BCUT2D eigenvalue weighted by Crippen LogP contribution is 2.25. The van der Waals surface area contributed by atoms with Gasteiger partial charge in [-0.15, -0.1) is 11.3 Å². The van der Waals surface area contributed by atoms with Gasteiger partial charge in [-0.25, -0.2) is 9.78 Å². The summed E-state index contributed by atoms with van der Waals surface area (Å²) in [7, 11) is 0. The summed E-state index contributed by atoms with van der Waals surface area (Å²) >= 11 is 13.1. The molecular formula is C13H11Cl2NO3S. The molecule has 1 aromatic carbocycles. The van der Waals surface area contributed by atoms with Gasteiger partial charge in [-0.3, -0.25) is 0 Å². The molecule has 2 rings (SSSR count). The average molecular weight is 332 g/mol. The zero-order chi connectivity index (χ0) is 14.5. The Morgan fingerprint density at radius 2 is 2.00 bits per heavy atom. The lowest BCUT2D eigenvalue weighted by Gasteiger charge is -2.05. The maximum Gasteiger partial charge on any atom is 0.357 e. The second-order valence-electron chi connectivity index (χ2n) is 3.74. The van der Waals surface area contributed by atoms with Crippen molar-refractivity contribution in [1.29, 1.82) is 0 Å². The van der Waals surface area contributed by atoms with Crippen molar-refractivity contribution in [3.8, 4) is 5.75 Å². The van der Waals surface area contributed by atoms with E-state index in [4.69, 9.17) is 32.7 Å². The van der Waals surface area contributed by atoms with Crippen molar-refractivity contribution in [2.24, 2.45) is 0 Å². The largest absolute Gasteiger partial charge is 0.486 e. The summed E-state index contributed by atoms with van der Waals surface area (Å²) in [4.78, 5) is 15.6. The van der Waals surface area contributed by atoms with Gasteiger partial charge in [0, 0.05) is 15.4 Å². The van der Waals surface area contributed by atoms with Crippen LogP contribution in [0, 0.1) is 0 Å². The number of benzene rings is 1. The molecule has 0 radical (unpaired) electrons. The predicted molar refractivity (Wildman–Crippen MR) is 78.9 cm³/mol. The van der Waals surface area contributed by atoms with Gasteiger partial charge in [-0.1, -0.05) is 23.2 Å². The molecule has 0 saturated carbocycles. The van der Waals surface area contributed by atoms with Crippen LogP contribution in [0.15, 0.2) is 23.6 Å². The van der Waals surface area contributed by atoms with Crippen LogP contribution in [-0.4, -0.2) is 17.6 Å². The molecule has 2 aromatic rings. The highest BCUT2D eigenvalue weighted by Gasteiger charge is 2.11. The molecule has 7 heteroatoms. The van der Waals surface area contributed by atoms with E-state index in [1.807, 2.05) is 0 Å². The molecule has 0 spiro atoms. The Morgan fingerprint density at radius 1 is 1.30 bits per heavy atom. The Hall–Kier alpha value is -1.30. The van der Waals surface area contributed by atoms with Crippen molar-refractivity contribution < 1.29 is 14.3 Å². The number of carbonyl (C=O) groups excluding carboxylic acids is 1. The van der Waals surface area contributed by atoms with Crippen LogP contribution in [0.1, 0.15) is 22.4 Å². The summed E-state index contributed by atoms with van der Waals surface area (Å²) in [6.45, 7) is 2.31. The SMILES string of the molecule is CCOC(=O)c1csc(COc2cc(Cl)cc(Cl)c2)n1. The fourth-order valence-corrected chi connectivity index (χ4v) is 2.61.